The number of benzene rings is 1. The van der Waals surface area contributed by atoms with Gasteiger partial charge in [-0.1, -0.05) is 13.8 Å². The Morgan fingerprint density at radius 3 is 2.89 bits per heavy atom. The van der Waals surface area contributed by atoms with Crippen LogP contribution in [0.2, 0.25) is 0 Å². The van der Waals surface area contributed by atoms with Crippen LogP contribution in [0.15, 0.2) is 12.3 Å². The predicted octanol–water partition coefficient (Wildman–Crippen LogP) is 4.20. The number of nitrogens with zero attached hydrogens (tertiary/aromatic N) is 1. The lowest BCUT2D eigenvalue weighted by atomic mass is 9.75. The molecule has 0 fully saturated rings. The van der Waals surface area contributed by atoms with E-state index in [-0.39, 0.29) is 6.42 Å². The molecule has 0 saturated heterocycles. The first-order chi connectivity index (χ1) is 9.08. The third-order valence-electron chi connectivity index (χ3n) is 4.33. The first kappa shape index (κ1) is 12.6. The van der Waals surface area contributed by atoms with E-state index in [1.165, 1.54) is 0 Å². The van der Waals surface area contributed by atoms with Crippen LogP contribution in [-0.4, -0.2) is 16.1 Å². The number of aromatic amines is 1. The number of aromatic nitrogens is 2. The van der Waals surface area contributed by atoms with E-state index >= 15 is 0 Å². The summed E-state index contributed by atoms with van der Waals surface area (Å²) in [4.78, 5) is 0. The molecule has 0 spiro atoms. The lowest BCUT2D eigenvalue weighted by Crippen LogP contribution is -2.32. The van der Waals surface area contributed by atoms with Crippen LogP contribution in [0.1, 0.15) is 49.3 Å². The van der Waals surface area contributed by atoms with Crippen molar-refractivity contribution in [3.63, 3.8) is 0 Å². The molecule has 4 heteroatoms. The number of hydrogen-bond acceptors (Lipinski definition) is 1. The van der Waals surface area contributed by atoms with Crippen LogP contribution < -0.4 is 0 Å². The van der Waals surface area contributed by atoms with Crippen molar-refractivity contribution in [2.45, 2.75) is 51.4 Å². The SMILES string of the molecule is CCc1c2c(cc3[nH]ncc13)CCC(F)(F)[C@@H]2CC. The molecular weight excluding hydrogens is 246 g/mol. The third-order valence-corrected chi connectivity index (χ3v) is 4.33. The molecule has 2 aromatic rings. The van der Waals surface area contributed by atoms with Gasteiger partial charge >= 0.3 is 0 Å². The first-order valence-corrected chi connectivity index (χ1v) is 6.94. The summed E-state index contributed by atoms with van der Waals surface area (Å²) in [6.45, 7) is 3.88. The Labute approximate surface area is 111 Å². The maximum atomic E-state index is 14.2. The van der Waals surface area contributed by atoms with Gasteiger partial charge in [-0.05, 0) is 42.0 Å². The number of fused-ring (bicyclic) bond motifs is 2. The first-order valence-electron chi connectivity index (χ1n) is 6.94. The van der Waals surface area contributed by atoms with Crippen LogP contribution in [0.3, 0.4) is 0 Å². The number of aryl methyl sites for hydroxylation is 2. The quantitative estimate of drug-likeness (QED) is 0.865. The topological polar surface area (TPSA) is 28.7 Å². The Hall–Kier alpha value is -1.45. The predicted molar refractivity (Wildman–Crippen MR) is 71.8 cm³/mol. The fourth-order valence-electron chi connectivity index (χ4n) is 3.45. The summed E-state index contributed by atoms with van der Waals surface area (Å²) in [5.41, 5.74) is 3.98. The maximum Gasteiger partial charge on any atom is 0.255 e. The molecule has 1 aliphatic rings. The van der Waals surface area contributed by atoms with Gasteiger partial charge in [0.15, 0.2) is 0 Å². The van der Waals surface area contributed by atoms with Crippen LogP contribution >= 0.6 is 0 Å². The molecular formula is C15H18F2N2. The van der Waals surface area contributed by atoms with Crippen molar-refractivity contribution in [1.82, 2.24) is 10.2 Å². The van der Waals surface area contributed by atoms with Crippen molar-refractivity contribution in [2.75, 3.05) is 0 Å². The number of H-pyrrole nitrogens is 1. The summed E-state index contributed by atoms with van der Waals surface area (Å²) in [6.07, 6.45) is 3.43. The van der Waals surface area contributed by atoms with E-state index in [9.17, 15) is 8.78 Å². The van der Waals surface area contributed by atoms with Gasteiger partial charge in [-0.2, -0.15) is 5.10 Å². The van der Waals surface area contributed by atoms with E-state index in [4.69, 9.17) is 0 Å². The molecule has 3 rings (SSSR count). The second-order valence-corrected chi connectivity index (χ2v) is 5.33. The van der Waals surface area contributed by atoms with Gasteiger partial charge in [0.25, 0.3) is 5.92 Å². The smallest absolute Gasteiger partial charge is 0.255 e. The van der Waals surface area contributed by atoms with E-state index in [1.807, 2.05) is 19.9 Å². The highest BCUT2D eigenvalue weighted by molar-refractivity contribution is 5.84. The van der Waals surface area contributed by atoms with Crippen LogP contribution in [0.4, 0.5) is 8.78 Å². The van der Waals surface area contributed by atoms with Crippen molar-refractivity contribution in [3.8, 4) is 0 Å². The average Bonchev–Trinajstić information content (AvgIpc) is 2.83. The summed E-state index contributed by atoms with van der Waals surface area (Å²) in [5, 5.41) is 8.01. The Kier molecular flexibility index (Phi) is 2.84. The lowest BCUT2D eigenvalue weighted by molar-refractivity contribution is -0.0427. The summed E-state index contributed by atoms with van der Waals surface area (Å²) in [6, 6.07) is 2.01. The molecule has 0 aliphatic heterocycles. The number of halogens is 2. The highest BCUT2D eigenvalue weighted by Crippen LogP contribution is 2.47. The molecule has 1 aromatic carbocycles. The molecule has 1 atom stereocenters. The zero-order chi connectivity index (χ0) is 13.6. The Morgan fingerprint density at radius 1 is 1.42 bits per heavy atom. The minimum Gasteiger partial charge on any atom is -0.278 e. The minimum atomic E-state index is -2.58. The molecule has 0 bridgehead atoms. The van der Waals surface area contributed by atoms with Gasteiger partial charge in [-0.3, -0.25) is 5.10 Å². The molecule has 0 unspecified atom stereocenters. The highest BCUT2D eigenvalue weighted by Gasteiger charge is 2.44. The van der Waals surface area contributed by atoms with Crippen LogP contribution in [0.5, 0.6) is 0 Å². The Balaban J connectivity index is 2.31. The fraction of sp³-hybridized carbons (Fsp3) is 0.533. The second-order valence-electron chi connectivity index (χ2n) is 5.33. The van der Waals surface area contributed by atoms with Crippen molar-refractivity contribution in [2.24, 2.45) is 0 Å². The monoisotopic (exact) mass is 264 g/mol. The fourth-order valence-corrected chi connectivity index (χ4v) is 3.45. The van der Waals surface area contributed by atoms with Gasteiger partial charge < -0.3 is 0 Å². The molecule has 1 aliphatic carbocycles. The molecule has 0 amide bonds. The second kappa shape index (κ2) is 4.29. The summed E-state index contributed by atoms with van der Waals surface area (Å²) in [7, 11) is 0. The molecule has 102 valence electrons. The van der Waals surface area contributed by atoms with E-state index in [0.29, 0.717) is 12.8 Å². The van der Waals surface area contributed by atoms with E-state index in [2.05, 4.69) is 10.2 Å². The molecule has 0 saturated carbocycles. The molecule has 19 heavy (non-hydrogen) atoms. The van der Waals surface area contributed by atoms with Crippen molar-refractivity contribution >= 4 is 10.9 Å². The summed E-state index contributed by atoms with van der Waals surface area (Å²) in [5.74, 6) is -3.23. The van der Waals surface area contributed by atoms with Gasteiger partial charge in [0, 0.05) is 17.7 Å². The number of alkyl halides is 2. The number of hydrogen-bond donors (Lipinski definition) is 1. The Morgan fingerprint density at radius 2 is 2.21 bits per heavy atom. The van der Waals surface area contributed by atoms with Gasteiger partial charge in [-0.15, -0.1) is 0 Å². The highest BCUT2D eigenvalue weighted by atomic mass is 19.3. The average molecular weight is 264 g/mol. The van der Waals surface area contributed by atoms with Crippen molar-refractivity contribution < 1.29 is 8.78 Å². The lowest BCUT2D eigenvalue weighted by Gasteiger charge is -2.34. The standard InChI is InChI=1S/C15H18F2N2/c1-3-10-11-8-18-19-13(11)7-9-5-6-15(16,17)12(4-2)14(9)10/h7-8,12H,3-6H2,1-2H3,(H,18,19)/t12-/m1/s1. The normalized spacial score (nSPS) is 21.6. The Bertz CT molecular complexity index is 616. The molecule has 1 heterocycles. The molecule has 1 N–H and O–H groups in total. The van der Waals surface area contributed by atoms with E-state index < -0.39 is 11.8 Å². The number of nitrogens with one attached hydrogen (secondary N) is 1. The minimum absolute atomic E-state index is 0.0404. The van der Waals surface area contributed by atoms with Crippen molar-refractivity contribution in [1.29, 1.82) is 0 Å². The molecule has 1 aromatic heterocycles. The van der Waals surface area contributed by atoms with E-state index in [1.54, 1.807) is 6.20 Å². The summed E-state index contributed by atoms with van der Waals surface area (Å²) < 4.78 is 28.3. The zero-order valence-corrected chi connectivity index (χ0v) is 11.3. The molecule has 2 nitrogen and oxygen atoms in total. The zero-order valence-electron chi connectivity index (χ0n) is 11.3. The van der Waals surface area contributed by atoms with Crippen LogP contribution in [0, 0.1) is 0 Å². The van der Waals surface area contributed by atoms with Gasteiger partial charge in [0.1, 0.15) is 0 Å². The number of rotatable bonds is 2. The largest absolute Gasteiger partial charge is 0.278 e. The molecule has 0 radical (unpaired) electrons. The van der Waals surface area contributed by atoms with Crippen LogP contribution in [0.25, 0.3) is 10.9 Å². The maximum absolute atomic E-state index is 14.2. The third kappa shape index (κ3) is 1.77. The van der Waals surface area contributed by atoms with E-state index in [0.717, 1.165) is 34.0 Å². The van der Waals surface area contributed by atoms with Gasteiger partial charge in [0.05, 0.1) is 11.7 Å². The van der Waals surface area contributed by atoms with Gasteiger partial charge in [0.2, 0.25) is 0 Å². The van der Waals surface area contributed by atoms with Crippen molar-refractivity contribution in [3.05, 3.63) is 29.0 Å². The summed E-state index contributed by atoms with van der Waals surface area (Å²) >= 11 is 0. The van der Waals surface area contributed by atoms with Crippen LogP contribution in [-0.2, 0) is 12.8 Å². The van der Waals surface area contributed by atoms with Gasteiger partial charge in [-0.25, -0.2) is 8.78 Å².